The number of phenols is 1. The average molecular weight is 485 g/mol. The Labute approximate surface area is 205 Å². The molecule has 0 radical (unpaired) electrons. The Morgan fingerprint density at radius 1 is 0.667 bits per heavy atom. The first kappa shape index (κ1) is 23.2. The molecule has 182 valence electrons. The molecule has 0 aliphatic rings. The molecule has 0 amide bonds. The Hall–Kier alpha value is -4.52. The minimum absolute atomic E-state index is 0.0257. The highest BCUT2D eigenvalue weighted by atomic mass is 16.4. The van der Waals surface area contributed by atoms with Crippen LogP contribution in [0.1, 0.15) is 47.6 Å². The molecule has 7 heteroatoms. The van der Waals surface area contributed by atoms with E-state index in [1.165, 1.54) is 24.3 Å². The van der Waals surface area contributed by atoms with Gasteiger partial charge in [-0.25, -0.2) is 9.59 Å². The predicted octanol–water partition coefficient (Wildman–Crippen LogP) is 5.32. The number of hydrogen-bond donors (Lipinski definition) is 3. The quantitative estimate of drug-likeness (QED) is 0.289. The first-order chi connectivity index (χ1) is 17.3. The standard InChI is InChI=1S/C29H24O7/c1-3-15-5-11-21-19(13-15)26(31)24(28(33)35-21)23(17-7-9-18(30)10-8-17)25-27(32)20-14-16(4-2)6-12-22(20)36-29(25)34/h5-14,23,30-32H,3-4H2,1-2H3. The second kappa shape index (κ2) is 8.92. The third-order valence-electron chi connectivity index (χ3n) is 6.57. The van der Waals surface area contributed by atoms with Crippen molar-refractivity contribution in [1.29, 1.82) is 0 Å². The summed E-state index contributed by atoms with van der Waals surface area (Å²) in [5, 5.41) is 33.2. The summed E-state index contributed by atoms with van der Waals surface area (Å²) in [6, 6.07) is 16.1. The van der Waals surface area contributed by atoms with Crippen LogP contribution in [0.3, 0.4) is 0 Å². The number of aryl methyl sites for hydroxylation is 2. The number of benzene rings is 3. The second-order valence-electron chi connectivity index (χ2n) is 8.70. The highest BCUT2D eigenvalue weighted by Gasteiger charge is 2.32. The van der Waals surface area contributed by atoms with E-state index >= 15 is 0 Å². The zero-order chi connectivity index (χ0) is 25.6. The van der Waals surface area contributed by atoms with Gasteiger partial charge in [0.2, 0.25) is 0 Å². The van der Waals surface area contributed by atoms with E-state index in [-0.39, 0.29) is 39.5 Å². The lowest BCUT2D eigenvalue weighted by atomic mass is 9.84. The van der Waals surface area contributed by atoms with Crippen molar-refractivity contribution in [2.45, 2.75) is 32.6 Å². The zero-order valence-electron chi connectivity index (χ0n) is 19.7. The van der Waals surface area contributed by atoms with Crippen molar-refractivity contribution in [3.63, 3.8) is 0 Å². The topological polar surface area (TPSA) is 121 Å². The molecule has 7 nitrogen and oxygen atoms in total. The van der Waals surface area contributed by atoms with Gasteiger partial charge in [0, 0.05) is 0 Å². The fraction of sp³-hybridized carbons (Fsp3) is 0.172. The largest absolute Gasteiger partial charge is 0.508 e. The monoisotopic (exact) mass is 484 g/mol. The van der Waals surface area contributed by atoms with Gasteiger partial charge in [0.15, 0.2) is 0 Å². The molecule has 0 bridgehead atoms. The molecule has 2 heterocycles. The lowest BCUT2D eigenvalue weighted by Gasteiger charge is -2.20. The summed E-state index contributed by atoms with van der Waals surface area (Å²) in [6.07, 6.45) is 1.39. The van der Waals surface area contributed by atoms with Crippen molar-refractivity contribution in [3.05, 3.63) is 109 Å². The van der Waals surface area contributed by atoms with Gasteiger partial charge in [-0.3, -0.25) is 0 Å². The van der Waals surface area contributed by atoms with Gasteiger partial charge in [0.1, 0.15) is 28.4 Å². The van der Waals surface area contributed by atoms with Crippen LogP contribution in [0.2, 0.25) is 0 Å². The van der Waals surface area contributed by atoms with Crippen LogP contribution in [0, 0.1) is 0 Å². The third kappa shape index (κ3) is 3.79. The average Bonchev–Trinajstić information content (AvgIpc) is 2.88. The molecule has 3 N–H and O–H groups in total. The molecular weight excluding hydrogens is 460 g/mol. The van der Waals surface area contributed by atoms with E-state index in [1.54, 1.807) is 36.4 Å². The van der Waals surface area contributed by atoms with Crippen molar-refractivity contribution in [2.24, 2.45) is 0 Å². The maximum absolute atomic E-state index is 13.3. The van der Waals surface area contributed by atoms with Crippen molar-refractivity contribution >= 4 is 21.9 Å². The van der Waals surface area contributed by atoms with E-state index in [4.69, 9.17) is 8.83 Å². The van der Waals surface area contributed by atoms with Gasteiger partial charge in [0.05, 0.1) is 27.8 Å². The van der Waals surface area contributed by atoms with Gasteiger partial charge in [-0.1, -0.05) is 38.1 Å². The summed E-state index contributed by atoms with van der Waals surface area (Å²) in [5.74, 6) is -1.96. The summed E-state index contributed by atoms with van der Waals surface area (Å²) < 4.78 is 11.1. The van der Waals surface area contributed by atoms with Crippen LogP contribution in [-0.2, 0) is 12.8 Å². The van der Waals surface area contributed by atoms with Crippen molar-refractivity contribution in [1.82, 2.24) is 0 Å². The Morgan fingerprint density at radius 2 is 1.11 bits per heavy atom. The van der Waals surface area contributed by atoms with Crippen molar-refractivity contribution in [3.8, 4) is 17.2 Å². The Balaban J connectivity index is 1.89. The molecule has 0 saturated heterocycles. The molecular formula is C29H24O7. The summed E-state index contributed by atoms with van der Waals surface area (Å²) >= 11 is 0. The van der Waals surface area contributed by atoms with E-state index < -0.39 is 17.2 Å². The van der Waals surface area contributed by atoms with Gasteiger partial charge in [-0.2, -0.15) is 0 Å². The lowest BCUT2D eigenvalue weighted by Crippen LogP contribution is -2.21. The summed E-state index contributed by atoms with van der Waals surface area (Å²) in [4.78, 5) is 26.5. The molecule has 3 aromatic carbocycles. The summed E-state index contributed by atoms with van der Waals surface area (Å²) in [6.45, 7) is 3.92. The predicted molar refractivity (Wildman–Crippen MR) is 136 cm³/mol. The van der Waals surface area contributed by atoms with Gasteiger partial charge < -0.3 is 24.2 Å². The Morgan fingerprint density at radius 3 is 1.53 bits per heavy atom. The van der Waals surface area contributed by atoms with E-state index in [0.717, 1.165) is 11.1 Å². The van der Waals surface area contributed by atoms with Crippen LogP contribution >= 0.6 is 0 Å². The SMILES string of the molecule is CCc1ccc2oc(=O)c(C(c3ccc(O)cc3)c3c(O)c4cc(CC)ccc4oc3=O)c(O)c2c1. The van der Waals surface area contributed by atoms with Crippen LogP contribution < -0.4 is 11.3 Å². The summed E-state index contributed by atoms with van der Waals surface area (Å²) in [5.41, 5.74) is 0.459. The first-order valence-electron chi connectivity index (χ1n) is 11.7. The number of phenolic OH excluding ortho intramolecular Hbond substituents is 1. The van der Waals surface area contributed by atoms with Gasteiger partial charge in [0.25, 0.3) is 0 Å². The first-order valence-corrected chi connectivity index (χ1v) is 11.7. The molecule has 5 aromatic rings. The normalized spacial score (nSPS) is 11.5. The molecule has 0 saturated carbocycles. The highest BCUT2D eigenvalue weighted by Crippen LogP contribution is 2.42. The van der Waals surface area contributed by atoms with Gasteiger partial charge in [-0.05, 0) is 65.9 Å². The number of rotatable bonds is 5. The van der Waals surface area contributed by atoms with E-state index in [0.29, 0.717) is 29.2 Å². The van der Waals surface area contributed by atoms with Crippen LogP contribution in [0.15, 0.2) is 79.1 Å². The molecule has 0 spiro atoms. The molecule has 0 atom stereocenters. The number of aromatic hydroxyl groups is 3. The highest BCUT2D eigenvalue weighted by molar-refractivity contribution is 5.87. The van der Waals surface area contributed by atoms with E-state index in [1.807, 2.05) is 13.8 Å². The van der Waals surface area contributed by atoms with Crippen molar-refractivity contribution < 1.29 is 24.2 Å². The smallest absolute Gasteiger partial charge is 0.344 e. The minimum Gasteiger partial charge on any atom is -0.508 e. The number of fused-ring (bicyclic) bond motifs is 2. The molecule has 0 unspecified atom stereocenters. The Bertz CT molecular complexity index is 1620. The fourth-order valence-electron chi connectivity index (χ4n) is 4.59. The zero-order valence-corrected chi connectivity index (χ0v) is 19.7. The molecule has 5 rings (SSSR count). The Kier molecular flexibility index (Phi) is 5.76. The van der Waals surface area contributed by atoms with Crippen LogP contribution in [-0.4, -0.2) is 15.3 Å². The van der Waals surface area contributed by atoms with Crippen LogP contribution in [0.5, 0.6) is 17.2 Å². The third-order valence-corrected chi connectivity index (χ3v) is 6.57. The molecule has 36 heavy (non-hydrogen) atoms. The molecule has 0 fully saturated rings. The van der Waals surface area contributed by atoms with Crippen LogP contribution in [0.4, 0.5) is 0 Å². The van der Waals surface area contributed by atoms with Crippen LogP contribution in [0.25, 0.3) is 21.9 Å². The maximum Gasteiger partial charge on any atom is 0.344 e. The second-order valence-corrected chi connectivity index (χ2v) is 8.70. The summed E-state index contributed by atoms with van der Waals surface area (Å²) in [7, 11) is 0. The molecule has 2 aromatic heterocycles. The maximum atomic E-state index is 13.3. The van der Waals surface area contributed by atoms with Crippen molar-refractivity contribution in [2.75, 3.05) is 0 Å². The molecule has 0 aliphatic carbocycles. The van der Waals surface area contributed by atoms with E-state index in [2.05, 4.69) is 0 Å². The molecule has 0 aliphatic heterocycles. The van der Waals surface area contributed by atoms with Gasteiger partial charge in [-0.15, -0.1) is 0 Å². The lowest BCUT2D eigenvalue weighted by molar-refractivity contribution is 0.441. The van der Waals surface area contributed by atoms with Gasteiger partial charge >= 0.3 is 11.3 Å². The van der Waals surface area contributed by atoms with E-state index in [9.17, 15) is 24.9 Å². The minimum atomic E-state index is -1.23. The fourth-order valence-corrected chi connectivity index (χ4v) is 4.59. The number of hydrogen-bond acceptors (Lipinski definition) is 7.